The van der Waals surface area contributed by atoms with Gasteiger partial charge in [0.2, 0.25) is 0 Å². The molecule has 0 aliphatic carbocycles. The molecule has 2 aromatic rings. The van der Waals surface area contributed by atoms with E-state index < -0.39 is 24.1 Å². The molecule has 2 aromatic carbocycles. The Bertz CT molecular complexity index is 1000. The summed E-state index contributed by atoms with van der Waals surface area (Å²) in [6, 6.07) is 15.0. The molecule has 196 valence electrons. The van der Waals surface area contributed by atoms with Crippen molar-refractivity contribution in [1.82, 2.24) is 4.90 Å². The maximum absolute atomic E-state index is 12.0. The fourth-order valence-corrected chi connectivity index (χ4v) is 5.35. The number of rotatable bonds is 8. The van der Waals surface area contributed by atoms with Crippen LogP contribution in [-0.2, 0) is 25.5 Å². The summed E-state index contributed by atoms with van der Waals surface area (Å²) in [7, 11) is 2.15. The third kappa shape index (κ3) is 7.64. The van der Waals surface area contributed by atoms with Gasteiger partial charge in [0.05, 0.1) is 3.57 Å². The normalized spacial score (nSPS) is 22.7. The van der Waals surface area contributed by atoms with E-state index in [1.54, 1.807) is 37.3 Å². The Labute approximate surface area is 225 Å². The summed E-state index contributed by atoms with van der Waals surface area (Å²) in [5, 5.41) is 28.3. The number of aliphatic hydroxyl groups excluding tert-OH is 1. The molecule has 0 aromatic heterocycles. The summed E-state index contributed by atoms with van der Waals surface area (Å²) >= 11 is 2.00. The number of aromatic hydroxyl groups is 1. The Morgan fingerprint density at radius 2 is 1.75 bits per heavy atom. The van der Waals surface area contributed by atoms with E-state index in [1.807, 2.05) is 40.8 Å². The van der Waals surface area contributed by atoms with Crippen LogP contribution in [0.25, 0.3) is 0 Å². The molecule has 2 aliphatic heterocycles. The standard InChI is InChI=1S/C16H21NO3.C11H13IO4/c1-17-12-7-8-13(17)10-14(9-12)20-16(19)15(18)11-5-3-2-4-6-11;1-2-16-10(11(14)15)6-7-3-4-9(13)8(12)5-7/h2-6,12-15,18H,7-10H2,1H3;3-5,10,13H,2,6H2,1H3,(H,14,15)/t12-,13+,14?,15?;. The number of phenolic OH excluding ortho intramolecular Hbond substituents is 1. The zero-order chi connectivity index (χ0) is 26.2. The molecule has 0 saturated carbocycles. The highest BCUT2D eigenvalue weighted by molar-refractivity contribution is 14.1. The minimum atomic E-state index is -1.17. The van der Waals surface area contributed by atoms with E-state index in [0.717, 1.165) is 18.4 Å². The van der Waals surface area contributed by atoms with Gasteiger partial charge in [0.1, 0.15) is 11.9 Å². The van der Waals surface area contributed by atoms with Crippen LogP contribution < -0.4 is 0 Å². The van der Waals surface area contributed by atoms with Crippen LogP contribution in [0, 0.1) is 3.57 Å². The van der Waals surface area contributed by atoms with Crippen molar-refractivity contribution in [2.75, 3.05) is 13.7 Å². The average Bonchev–Trinajstić information content (AvgIpc) is 3.06. The SMILES string of the molecule is CCOC(Cc1ccc(O)c(I)c1)C(=O)O.CN1[C@@H]2CC[C@H]1CC(OC(=O)C(O)c1ccccc1)C2. The van der Waals surface area contributed by atoms with E-state index in [9.17, 15) is 19.8 Å². The summed E-state index contributed by atoms with van der Waals surface area (Å²) in [5.41, 5.74) is 1.43. The smallest absolute Gasteiger partial charge is 0.339 e. The van der Waals surface area contributed by atoms with Crippen LogP contribution in [0.1, 0.15) is 49.8 Å². The van der Waals surface area contributed by atoms with E-state index in [4.69, 9.17) is 14.6 Å². The Balaban J connectivity index is 0.000000207. The average molecular weight is 611 g/mol. The highest BCUT2D eigenvalue weighted by atomic mass is 127. The third-order valence-electron chi connectivity index (χ3n) is 6.75. The van der Waals surface area contributed by atoms with Crippen molar-refractivity contribution in [3.05, 3.63) is 63.2 Å². The van der Waals surface area contributed by atoms with E-state index in [1.165, 1.54) is 12.8 Å². The fraction of sp³-hybridized carbons (Fsp3) is 0.481. The van der Waals surface area contributed by atoms with Crippen LogP contribution in [0.4, 0.5) is 0 Å². The molecule has 0 radical (unpaired) electrons. The lowest BCUT2D eigenvalue weighted by atomic mass is 10.0. The van der Waals surface area contributed by atoms with Gasteiger partial charge in [0, 0.05) is 25.1 Å². The molecule has 2 bridgehead atoms. The van der Waals surface area contributed by atoms with Crippen LogP contribution >= 0.6 is 22.6 Å². The number of esters is 1. The van der Waals surface area contributed by atoms with Crippen molar-refractivity contribution in [3.63, 3.8) is 0 Å². The van der Waals surface area contributed by atoms with Gasteiger partial charge in [-0.15, -0.1) is 0 Å². The first-order valence-corrected chi connectivity index (χ1v) is 13.2. The molecule has 5 atom stereocenters. The van der Waals surface area contributed by atoms with E-state index in [0.29, 0.717) is 34.2 Å². The van der Waals surface area contributed by atoms with Gasteiger partial charge in [-0.25, -0.2) is 9.59 Å². The number of carbonyl (C=O) groups excluding carboxylic acids is 1. The van der Waals surface area contributed by atoms with Gasteiger partial charge in [-0.05, 0) is 85.5 Å². The lowest BCUT2D eigenvalue weighted by molar-refractivity contribution is -0.162. The first kappa shape index (κ1) is 28.4. The lowest BCUT2D eigenvalue weighted by Gasteiger charge is -2.36. The zero-order valence-electron chi connectivity index (χ0n) is 20.5. The lowest BCUT2D eigenvalue weighted by Crippen LogP contribution is -2.43. The Morgan fingerprint density at radius 1 is 1.11 bits per heavy atom. The molecule has 36 heavy (non-hydrogen) atoms. The van der Waals surface area contributed by atoms with E-state index >= 15 is 0 Å². The quantitative estimate of drug-likeness (QED) is 0.304. The van der Waals surface area contributed by atoms with Crippen molar-refractivity contribution in [1.29, 1.82) is 0 Å². The van der Waals surface area contributed by atoms with Gasteiger partial charge in [-0.1, -0.05) is 36.4 Å². The minimum Gasteiger partial charge on any atom is -0.507 e. The van der Waals surface area contributed by atoms with Gasteiger partial charge >= 0.3 is 11.9 Å². The topological polar surface area (TPSA) is 117 Å². The van der Waals surface area contributed by atoms with Crippen LogP contribution in [0.5, 0.6) is 5.75 Å². The highest BCUT2D eigenvalue weighted by Crippen LogP contribution is 2.36. The number of benzene rings is 2. The van der Waals surface area contributed by atoms with Gasteiger partial charge in [0.25, 0.3) is 0 Å². The number of piperidine rings is 1. The molecule has 4 rings (SSSR count). The second kappa shape index (κ2) is 13.4. The minimum absolute atomic E-state index is 0.0467. The second-order valence-corrected chi connectivity index (χ2v) is 10.3. The van der Waals surface area contributed by atoms with Crippen LogP contribution in [0.2, 0.25) is 0 Å². The Hall–Kier alpha value is -2.21. The molecule has 3 N–H and O–H groups in total. The number of ether oxygens (including phenoxy) is 2. The number of aliphatic carboxylic acids is 1. The highest BCUT2D eigenvalue weighted by Gasteiger charge is 2.40. The molecule has 9 heteroatoms. The van der Waals surface area contributed by atoms with Crippen molar-refractivity contribution in [2.24, 2.45) is 0 Å². The van der Waals surface area contributed by atoms with Crippen LogP contribution in [0.15, 0.2) is 48.5 Å². The van der Waals surface area contributed by atoms with Crippen LogP contribution in [0.3, 0.4) is 0 Å². The van der Waals surface area contributed by atoms with Crippen molar-refractivity contribution < 1.29 is 34.4 Å². The monoisotopic (exact) mass is 611 g/mol. The summed E-state index contributed by atoms with van der Waals surface area (Å²) < 4.78 is 11.3. The molecule has 0 amide bonds. The van der Waals surface area contributed by atoms with E-state index in [-0.39, 0.29) is 11.9 Å². The zero-order valence-corrected chi connectivity index (χ0v) is 22.7. The number of hydrogen-bond donors (Lipinski definition) is 3. The Kier molecular flexibility index (Phi) is 10.5. The first-order valence-electron chi connectivity index (χ1n) is 12.2. The summed E-state index contributed by atoms with van der Waals surface area (Å²) in [6.45, 7) is 2.13. The number of hydrogen-bond acceptors (Lipinski definition) is 7. The first-order chi connectivity index (χ1) is 17.2. The molecule has 8 nitrogen and oxygen atoms in total. The molecule has 2 aliphatic rings. The maximum Gasteiger partial charge on any atom is 0.339 e. The second-order valence-electron chi connectivity index (χ2n) is 9.17. The number of carboxylic acids is 1. The molecule has 0 spiro atoms. The summed E-state index contributed by atoms with van der Waals surface area (Å²) in [5.74, 6) is -1.29. The maximum atomic E-state index is 12.0. The summed E-state index contributed by atoms with van der Waals surface area (Å²) in [4.78, 5) is 25.3. The molecule has 2 saturated heterocycles. The molecule has 2 heterocycles. The number of aliphatic hydroxyl groups is 1. The number of nitrogens with zero attached hydrogens (tertiary/aromatic N) is 1. The molecule has 3 unspecified atom stereocenters. The third-order valence-corrected chi connectivity index (χ3v) is 7.62. The van der Waals surface area contributed by atoms with E-state index in [2.05, 4.69) is 11.9 Å². The molecule has 2 fully saturated rings. The number of fused-ring (bicyclic) bond motifs is 2. The number of phenols is 1. The van der Waals surface area contributed by atoms with Crippen LogP contribution in [-0.4, -0.2) is 70.1 Å². The predicted octanol–water partition coefficient (Wildman–Crippen LogP) is 3.92. The van der Waals surface area contributed by atoms with Crippen molar-refractivity contribution in [2.45, 2.75) is 69.4 Å². The number of carbonyl (C=O) groups is 2. The van der Waals surface area contributed by atoms with Gasteiger partial charge in [-0.2, -0.15) is 0 Å². The predicted molar refractivity (Wildman–Crippen MR) is 143 cm³/mol. The number of halogens is 1. The molecular formula is C27H34INO7. The Morgan fingerprint density at radius 3 is 2.31 bits per heavy atom. The van der Waals surface area contributed by atoms with Gasteiger partial charge < -0.3 is 29.7 Å². The number of carboxylic acid groups (broad SMARTS) is 1. The van der Waals surface area contributed by atoms with Gasteiger partial charge in [-0.3, -0.25) is 0 Å². The van der Waals surface area contributed by atoms with Crippen molar-refractivity contribution >= 4 is 34.5 Å². The largest absolute Gasteiger partial charge is 0.507 e. The van der Waals surface area contributed by atoms with Crippen molar-refractivity contribution in [3.8, 4) is 5.75 Å². The summed E-state index contributed by atoms with van der Waals surface area (Å²) in [6.07, 6.45) is 2.42. The fourth-order valence-electron chi connectivity index (χ4n) is 4.77. The van der Waals surface area contributed by atoms with Gasteiger partial charge in [0.15, 0.2) is 12.2 Å². The molecular weight excluding hydrogens is 577 g/mol.